The van der Waals surface area contributed by atoms with E-state index in [1.165, 1.54) is 0 Å². The fourth-order valence-electron chi connectivity index (χ4n) is 6.24. The molecule has 2 saturated carbocycles. The third kappa shape index (κ3) is 1.99. The highest BCUT2D eigenvalue weighted by atomic mass is 16.2. The summed E-state index contributed by atoms with van der Waals surface area (Å²) in [7, 11) is 0. The van der Waals surface area contributed by atoms with Crippen LogP contribution in [0.2, 0.25) is 0 Å². The minimum absolute atomic E-state index is 0.0207. The molecule has 4 atom stereocenters. The van der Waals surface area contributed by atoms with Gasteiger partial charge in [-0.2, -0.15) is 0 Å². The van der Waals surface area contributed by atoms with Crippen LogP contribution < -0.4 is 5.32 Å². The lowest BCUT2D eigenvalue weighted by atomic mass is 9.79. The highest BCUT2D eigenvalue weighted by molar-refractivity contribution is 6.06. The van der Waals surface area contributed by atoms with E-state index < -0.39 is 0 Å². The van der Waals surface area contributed by atoms with Gasteiger partial charge in [0.25, 0.3) is 0 Å². The molecule has 4 heteroatoms. The molecule has 0 aromatic carbocycles. The van der Waals surface area contributed by atoms with Crippen LogP contribution in [0.4, 0.5) is 0 Å². The Kier molecular flexibility index (Phi) is 2.90. The van der Waals surface area contributed by atoms with Crippen molar-refractivity contribution in [3.63, 3.8) is 0 Å². The Hall–Kier alpha value is -0.900. The summed E-state index contributed by atoms with van der Waals surface area (Å²) in [5.74, 6) is 1.32. The van der Waals surface area contributed by atoms with E-state index in [4.69, 9.17) is 0 Å². The lowest BCUT2D eigenvalue weighted by molar-refractivity contribution is -0.145. The lowest BCUT2D eigenvalue weighted by Crippen LogP contribution is -2.63. The molecule has 2 aliphatic carbocycles. The summed E-state index contributed by atoms with van der Waals surface area (Å²) in [6, 6.07) is 0.0660. The van der Waals surface area contributed by atoms with E-state index in [0.717, 1.165) is 32.1 Å². The molecule has 2 aliphatic heterocycles. The maximum atomic E-state index is 13.0. The Morgan fingerprint density at radius 3 is 1.82 bits per heavy atom. The normalized spacial score (nSPS) is 43.0. The van der Waals surface area contributed by atoms with Gasteiger partial charge in [-0.15, -0.1) is 0 Å². The van der Waals surface area contributed by atoms with Crippen molar-refractivity contribution >= 4 is 11.8 Å². The first-order valence-corrected chi connectivity index (χ1v) is 8.85. The number of fused-ring (bicyclic) bond motifs is 5. The maximum Gasteiger partial charge on any atom is 0.233 e. The molecule has 4 nitrogen and oxygen atoms in total. The maximum absolute atomic E-state index is 13.0. The Morgan fingerprint density at radius 1 is 0.909 bits per heavy atom. The molecule has 0 spiro atoms. The van der Waals surface area contributed by atoms with E-state index >= 15 is 0 Å². The summed E-state index contributed by atoms with van der Waals surface area (Å²) in [4.78, 5) is 27.7. The van der Waals surface area contributed by atoms with Crippen molar-refractivity contribution in [2.75, 3.05) is 0 Å². The van der Waals surface area contributed by atoms with Gasteiger partial charge in [0.1, 0.15) is 0 Å². The molecule has 0 aromatic rings. The Morgan fingerprint density at radius 2 is 1.36 bits per heavy atom. The number of carbonyl (C=O) groups is 2. The summed E-state index contributed by atoms with van der Waals surface area (Å²) in [5.41, 5.74) is -0.0761. The first kappa shape index (κ1) is 14.7. The molecule has 4 fully saturated rings. The molecule has 4 rings (SSSR count). The van der Waals surface area contributed by atoms with Crippen molar-refractivity contribution in [3.05, 3.63) is 0 Å². The summed E-state index contributed by atoms with van der Waals surface area (Å²) in [6.07, 6.45) is 5.15. The number of rotatable bonds is 1. The molecule has 4 aliphatic rings. The van der Waals surface area contributed by atoms with Gasteiger partial charge in [-0.25, -0.2) is 0 Å². The van der Waals surface area contributed by atoms with Gasteiger partial charge < -0.3 is 5.32 Å². The van der Waals surface area contributed by atoms with Gasteiger partial charge in [0, 0.05) is 17.1 Å². The molecule has 2 saturated heterocycles. The van der Waals surface area contributed by atoms with Gasteiger partial charge in [-0.3, -0.25) is 14.5 Å². The van der Waals surface area contributed by atoms with Gasteiger partial charge >= 0.3 is 0 Å². The topological polar surface area (TPSA) is 49.4 Å². The Bertz CT molecular complexity index is 495. The van der Waals surface area contributed by atoms with Crippen LogP contribution in [0.5, 0.6) is 0 Å². The highest BCUT2D eigenvalue weighted by Gasteiger charge is 2.62. The molecular weight excluding hydrogens is 276 g/mol. The lowest BCUT2D eigenvalue weighted by Gasteiger charge is -2.48. The molecule has 2 heterocycles. The van der Waals surface area contributed by atoms with Crippen LogP contribution in [0.3, 0.4) is 0 Å². The largest absolute Gasteiger partial charge is 0.307 e. The number of piperidine rings is 1. The van der Waals surface area contributed by atoms with E-state index in [0.29, 0.717) is 11.8 Å². The fourth-order valence-corrected chi connectivity index (χ4v) is 6.24. The van der Waals surface area contributed by atoms with Crippen LogP contribution >= 0.6 is 0 Å². The zero-order valence-corrected chi connectivity index (χ0v) is 14.2. The first-order valence-electron chi connectivity index (χ1n) is 8.85. The van der Waals surface area contributed by atoms with Gasteiger partial charge in [-0.05, 0) is 71.6 Å². The molecule has 1 N–H and O–H groups in total. The van der Waals surface area contributed by atoms with Gasteiger partial charge in [0.15, 0.2) is 0 Å². The zero-order valence-electron chi connectivity index (χ0n) is 14.2. The number of hydrogen-bond donors (Lipinski definition) is 1. The molecule has 2 amide bonds. The summed E-state index contributed by atoms with van der Waals surface area (Å²) in [6.45, 7) is 8.71. The second kappa shape index (κ2) is 4.34. The Labute approximate surface area is 133 Å². The van der Waals surface area contributed by atoms with E-state index in [-0.39, 0.29) is 40.8 Å². The molecule has 0 radical (unpaired) electrons. The van der Waals surface area contributed by atoms with E-state index in [2.05, 4.69) is 33.0 Å². The minimum atomic E-state index is -0.0380. The second-order valence-corrected chi connectivity index (χ2v) is 9.39. The first-order chi connectivity index (χ1) is 10.2. The van der Waals surface area contributed by atoms with Crippen LogP contribution in [0.1, 0.15) is 59.8 Å². The number of nitrogens with zero attached hydrogens (tertiary/aromatic N) is 1. The Balaban J connectivity index is 1.63. The van der Waals surface area contributed by atoms with Crippen molar-refractivity contribution in [3.8, 4) is 0 Å². The summed E-state index contributed by atoms with van der Waals surface area (Å²) in [5, 5.41) is 3.65. The predicted octanol–water partition coefficient (Wildman–Crippen LogP) is 2.33. The molecule has 22 heavy (non-hydrogen) atoms. The van der Waals surface area contributed by atoms with Crippen molar-refractivity contribution in [1.29, 1.82) is 0 Å². The quantitative estimate of drug-likeness (QED) is 0.756. The van der Waals surface area contributed by atoms with E-state index in [1.54, 1.807) is 4.90 Å². The summed E-state index contributed by atoms with van der Waals surface area (Å²) >= 11 is 0. The number of imide groups is 1. The second-order valence-electron chi connectivity index (χ2n) is 9.39. The predicted molar refractivity (Wildman–Crippen MR) is 84.0 cm³/mol. The fraction of sp³-hybridized carbons (Fsp3) is 0.889. The van der Waals surface area contributed by atoms with Gasteiger partial charge in [-0.1, -0.05) is 0 Å². The van der Waals surface area contributed by atoms with Gasteiger partial charge in [0.05, 0.1) is 11.8 Å². The van der Waals surface area contributed by atoms with Crippen LogP contribution in [-0.4, -0.2) is 33.8 Å². The summed E-state index contributed by atoms with van der Waals surface area (Å²) < 4.78 is 0. The van der Waals surface area contributed by atoms with E-state index in [9.17, 15) is 9.59 Å². The van der Waals surface area contributed by atoms with Crippen molar-refractivity contribution in [1.82, 2.24) is 10.2 Å². The number of nitrogens with one attached hydrogen (secondary N) is 1. The molecular formula is C18H28N2O2. The standard InChI is InChI=1S/C18H28N2O2/c1-17(2)8-12(9-18(3,4)19-17)20-15(21)13-10-5-6-11(7-10)14(13)16(20)22/h10-14,19H,5-9H2,1-4H3. The minimum Gasteiger partial charge on any atom is -0.307 e. The molecule has 0 aromatic heterocycles. The third-order valence-corrected chi connectivity index (χ3v) is 6.50. The molecule has 2 bridgehead atoms. The van der Waals surface area contributed by atoms with E-state index in [1.807, 2.05) is 0 Å². The SMILES string of the molecule is CC1(C)CC(N2C(=O)C3C4CCC(C4)C3C2=O)CC(C)(C)N1. The number of hydrogen-bond acceptors (Lipinski definition) is 3. The van der Waals surface area contributed by atoms with Gasteiger partial charge in [0.2, 0.25) is 11.8 Å². The van der Waals surface area contributed by atoms with Crippen LogP contribution in [0.25, 0.3) is 0 Å². The average molecular weight is 304 g/mol. The highest BCUT2D eigenvalue weighted by Crippen LogP contribution is 2.56. The zero-order chi connectivity index (χ0) is 15.9. The molecule has 4 unspecified atom stereocenters. The van der Waals surface area contributed by atoms with Crippen molar-refractivity contribution in [2.24, 2.45) is 23.7 Å². The monoisotopic (exact) mass is 304 g/mol. The molecule has 122 valence electrons. The van der Waals surface area contributed by atoms with Crippen LogP contribution in [0, 0.1) is 23.7 Å². The third-order valence-electron chi connectivity index (χ3n) is 6.50. The van der Waals surface area contributed by atoms with Crippen molar-refractivity contribution < 1.29 is 9.59 Å². The van der Waals surface area contributed by atoms with Crippen molar-refractivity contribution in [2.45, 2.75) is 76.9 Å². The number of likely N-dealkylation sites (tertiary alicyclic amines) is 1. The number of amides is 2. The number of carbonyl (C=O) groups excluding carboxylic acids is 2. The smallest absolute Gasteiger partial charge is 0.233 e. The van der Waals surface area contributed by atoms with Crippen LogP contribution in [-0.2, 0) is 9.59 Å². The van der Waals surface area contributed by atoms with Crippen LogP contribution in [0.15, 0.2) is 0 Å². The average Bonchev–Trinajstić information content (AvgIpc) is 2.99.